The van der Waals surface area contributed by atoms with E-state index in [2.05, 4.69) is 36.8 Å². The first-order valence-corrected chi connectivity index (χ1v) is 5.54. The van der Waals surface area contributed by atoms with Gasteiger partial charge in [-0.3, -0.25) is 4.79 Å². The van der Waals surface area contributed by atoms with Crippen molar-refractivity contribution in [1.29, 1.82) is 2.77 Å². The molecule has 90 valence electrons. The van der Waals surface area contributed by atoms with Gasteiger partial charge in [-0.2, -0.15) is 9.12 Å². The van der Waals surface area contributed by atoms with Gasteiger partial charge in [-0.25, -0.2) is 12.5 Å². The van der Waals surface area contributed by atoms with E-state index in [1.165, 1.54) is 7.05 Å². The molecule has 0 fully saturated rings. The molecule has 0 aliphatic carbocycles. The molecule has 5 nitrogen and oxygen atoms in total. The van der Waals surface area contributed by atoms with Crippen molar-refractivity contribution >= 4 is 33.8 Å². The van der Waals surface area contributed by atoms with Gasteiger partial charge in [-0.15, -0.1) is 0 Å². The third-order valence-corrected chi connectivity index (χ3v) is 1.41. The summed E-state index contributed by atoms with van der Waals surface area (Å²) in [6.07, 6.45) is -1.37. The maximum absolute atomic E-state index is 11.1. The lowest BCUT2D eigenvalue weighted by Crippen LogP contribution is -2.46. The standard InChI is InChI=1S/C7H15NO4.BH4PS/c1-3-12-7(11)6(8-2)5(10)4-9;2-1-3/h5-6,8-10H,3-4H2,1-2H3;1,3H,2H2/t5?,6-;/m0./s1/i9T;1D. The average molecular weight is 258 g/mol. The van der Waals surface area contributed by atoms with Gasteiger partial charge >= 0.3 is 5.97 Å². The second-order valence-electron chi connectivity index (χ2n) is 2.40. The van der Waals surface area contributed by atoms with Gasteiger partial charge in [0.2, 0.25) is 7.67 Å². The summed E-state index contributed by atoms with van der Waals surface area (Å²) in [7, 11) is 3.71. The number of carbonyl (C=O) groups excluding carboxylic acids is 1. The molecule has 3 atom stereocenters. The number of carbonyl (C=O) groups is 1. The van der Waals surface area contributed by atoms with Crippen molar-refractivity contribution in [3.8, 4) is 0 Å². The molecule has 2 unspecified atom stereocenters. The van der Waals surface area contributed by atoms with E-state index in [0.717, 1.165) is 0 Å². The molecule has 0 amide bonds. The van der Waals surface area contributed by atoms with E-state index in [4.69, 9.17) is 2.77 Å². The number of esters is 1. The Kier molecular flexibility index (Phi) is 10.8. The fourth-order valence-electron chi connectivity index (χ4n) is 0.796. The molecule has 0 aliphatic heterocycles. The molecule has 15 heavy (non-hydrogen) atoms. The highest BCUT2D eigenvalue weighted by molar-refractivity contribution is 8.20. The minimum atomic E-state index is -1.07. The summed E-state index contributed by atoms with van der Waals surface area (Å²) in [5.74, 6) is -0.547. The lowest BCUT2D eigenvalue weighted by Gasteiger charge is -2.18. The van der Waals surface area contributed by atoms with Crippen molar-refractivity contribution in [2.75, 3.05) is 20.3 Å². The fourth-order valence-corrected chi connectivity index (χ4v) is 0.796. The zero-order valence-corrected chi connectivity index (χ0v) is 10.9. The predicted molar refractivity (Wildman–Crippen MR) is 68.4 cm³/mol. The summed E-state index contributed by atoms with van der Waals surface area (Å²) < 4.78 is 17.5. The maximum Gasteiger partial charge on any atom is 0.325 e. The Bertz CT molecular complexity index is 204. The molecule has 0 rings (SSSR count). The van der Waals surface area contributed by atoms with Gasteiger partial charge in [0.25, 0.3) is 0 Å². The molecule has 0 aromatic carbocycles. The zero-order chi connectivity index (χ0) is 13.8. The van der Waals surface area contributed by atoms with Crippen molar-refractivity contribution in [3.63, 3.8) is 0 Å². The molecule has 0 saturated carbocycles. The monoisotopic (exact) mass is 258 g/mol. The maximum atomic E-state index is 11.1. The van der Waals surface area contributed by atoms with Crippen LogP contribution in [0.3, 0.4) is 0 Å². The van der Waals surface area contributed by atoms with E-state index in [1.807, 2.05) is 0 Å². The van der Waals surface area contributed by atoms with E-state index in [-0.39, 0.29) is 19.5 Å². The molecule has 0 aromatic heterocycles. The molecular formula is C7H19BNO4PS. The number of hydrogen-bond acceptors (Lipinski definition) is 6. The van der Waals surface area contributed by atoms with Crippen molar-refractivity contribution in [2.24, 2.45) is 0 Å². The van der Waals surface area contributed by atoms with Crippen LogP contribution in [-0.2, 0) is 9.53 Å². The van der Waals surface area contributed by atoms with E-state index in [0.29, 0.717) is 0 Å². The molecule has 0 aliphatic rings. The molecule has 3 N–H and O–H groups in total. The third-order valence-electron chi connectivity index (χ3n) is 1.41. The van der Waals surface area contributed by atoms with E-state index < -0.39 is 18.1 Å². The first-order valence-electron chi connectivity index (χ1n) is 5.35. The lowest BCUT2D eigenvalue weighted by molar-refractivity contribution is -0.149. The minimum absolute atomic E-state index is 0.232. The van der Waals surface area contributed by atoms with Crippen molar-refractivity contribution in [2.45, 2.75) is 19.1 Å². The lowest BCUT2D eigenvalue weighted by atomic mass is 10.2. The molecule has 0 heterocycles. The van der Waals surface area contributed by atoms with Gasteiger partial charge in [0.05, 0.1) is 13.2 Å². The van der Waals surface area contributed by atoms with Crippen LogP contribution < -0.4 is 5.32 Å². The SMILES string of the molecule is [2H]B(P)S.[3H]OCC(O)[C@H](NC)C(=O)OCC. The Morgan fingerprint density at radius 2 is 2.53 bits per heavy atom. The van der Waals surface area contributed by atoms with Crippen LogP contribution in [0.25, 0.3) is 0 Å². The molecule has 0 spiro atoms. The number of hydrogen-bond donors (Lipinski definition) is 4. The number of rotatable bonds is 6. The smallest absolute Gasteiger partial charge is 0.325 e. The summed E-state index contributed by atoms with van der Waals surface area (Å²) in [5, 5.41) is 15.8. The Hall–Kier alpha value is 0.195. The summed E-state index contributed by atoms with van der Waals surface area (Å²) in [4.78, 5) is 11.1. The number of likely N-dealkylation sites (N-methyl/N-ethyl adjacent to an activating group) is 1. The van der Waals surface area contributed by atoms with Crippen LogP contribution in [0.15, 0.2) is 0 Å². The number of nitrogens with one attached hydrogen (secondary N) is 1. The average Bonchev–Trinajstić information content (AvgIpc) is 2.18. The van der Waals surface area contributed by atoms with Crippen LogP contribution in [0.2, 0.25) is 0 Å². The van der Waals surface area contributed by atoms with Gasteiger partial charge < -0.3 is 20.3 Å². The Labute approximate surface area is 102 Å². The Morgan fingerprint density at radius 1 is 2.00 bits per heavy atom. The highest BCUT2D eigenvalue weighted by atomic mass is 32.1. The minimum Gasteiger partial charge on any atom is -0.465 e. The third kappa shape index (κ3) is 9.14. The fraction of sp³-hybridized carbons (Fsp3) is 0.857. The Balaban J connectivity index is 0. The summed E-state index contributed by atoms with van der Waals surface area (Å²) in [6.45, 7) is 1.70. The summed E-state index contributed by atoms with van der Waals surface area (Å²) in [5.41, 5.74) is 0. The van der Waals surface area contributed by atoms with E-state index in [9.17, 15) is 9.90 Å². The van der Waals surface area contributed by atoms with Crippen molar-refractivity contribution in [1.82, 2.24) is 5.32 Å². The largest absolute Gasteiger partial charge is 0.465 e. The highest BCUT2D eigenvalue weighted by Crippen LogP contribution is 1.95. The van der Waals surface area contributed by atoms with Gasteiger partial charge in [0.1, 0.15) is 12.1 Å². The van der Waals surface area contributed by atoms with Gasteiger partial charge in [0, 0.05) is 0 Å². The van der Waals surface area contributed by atoms with Crippen molar-refractivity contribution < 1.29 is 19.7 Å². The van der Waals surface area contributed by atoms with Gasteiger partial charge in [-0.05, 0) is 15.3 Å². The van der Waals surface area contributed by atoms with E-state index >= 15 is 0 Å². The first-order chi connectivity index (χ1) is 7.90. The highest BCUT2D eigenvalue weighted by Gasteiger charge is 2.25. The number of aliphatic hydroxyl groups excluding tert-OH is 2. The van der Waals surface area contributed by atoms with Crippen LogP contribution in [0.4, 0.5) is 0 Å². The van der Waals surface area contributed by atoms with Crippen LogP contribution >= 0.6 is 21.6 Å². The summed E-state index contributed by atoms with van der Waals surface area (Å²) in [6, 6.07) is -0.842. The number of ether oxygens (including phenoxy) is 1. The van der Waals surface area contributed by atoms with Crippen LogP contribution in [0, 0.1) is 0 Å². The molecule has 0 aromatic rings. The first kappa shape index (κ1) is 13.3. The molecular weight excluding hydrogens is 236 g/mol. The van der Waals surface area contributed by atoms with Crippen molar-refractivity contribution in [3.05, 3.63) is 0 Å². The second-order valence-corrected chi connectivity index (χ2v) is 3.59. The normalized spacial score (nSPS) is 15.0. The number of aliphatic hydroxyl groups is 2. The van der Waals surface area contributed by atoms with Crippen LogP contribution in [0.5, 0.6) is 0 Å². The molecule has 0 saturated heterocycles. The van der Waals surface area contributed by atoms with Gasteiger partial charge in [-0.1, -0.05) is 0 Å². The second kappa shape index (κ2) is 12.3. The zero-order valence-electron chi connectivity index (χ0n) is 10.8. The van der Waals surface area contributed by atoms with Crippen LogP contribution in [-0.4, -0.2) is 57.6 Å². The molecule has 8 heteroatoms. The van der Waals surface area contributed by atoms with E-state index in [1.54, 1.807) is 6.92 Å². The molecule has 0 bridgehead atoms. The number of thiol groups is 1. The topological polar surface area (TPSA) is 78.8 Å². The molecule has 0 radical (unpaired) electrons. The van der Waals surface area contributed by atoms with Gasteiger partial charge in [0.15, 0.2) is 0 Å². The Morgan fingerprint density at radius 3 is 2.87 bits per heavy atom. The predicted octanol–water partition coefficient (Wildman–Crippen LogP) is -1.45. The van der Waals surface area contributed by atoms with Crippen LogP contribution in [0.1, 0.15) is 6.92 Å². The summed E-state index contributed by atoms with van der Waals surface area (Å²) >= 11 is 3.60. The quantitative estimate of drug-likeness (QED) is 0.203.